The molecule has 2 aromatic rings. The van der Waals surface area contributed by atoms with Crippen LogP contribution >= 0.6 is 0 Å². The highest BCUT2D eigenvalue weighted by atomic mass is 16.1. The molecular formula is C38H36O6. The number of carbonyl (C=O) groups excluding carboxylic acids is 6. The van der Waals surface area contributed by atoms with Crippen molar-refractivity contribution in [1.29, 1.82) is 0 Å². The topological polar surface area (TPSA) is 102 Å². The van der Waals surface area contributed by atoms with Crippen molar-refractivity contribution in [3.63, 3.8) is 0 Å². The van der Waals surface area contributed by atoms with Crippen molar-refractivity contribution >= 4 is 45.8 Å². The predicted octanol–water partition coefficient (Wildman–Crippen LogP) is 6.64. The van der Waals surface area contributed by atoms with Crippen LogP contribution in [0.3, 0.4) is 0 Å². The van der Waals surface area contributed by atoms with Gasteiger partial charge in [0.1, 0.15) is 0 Å². The largest absolute Gasteiger partial charge is 0.290 e. The minimum atomic E-state index is -0.239. The van der Waals surface area contributed by atoms with E-state index in [9.17, 15) is 28.8 Å². The third-order valence-electron chi connectivity index (χ3n) is 6.77. The van der Waals surface area contributed by atoms with Crippen LogP contribution in [0.5, 0.6) is 0 Å². The summed E-state index contributed by atoms with van der Waals surface area (Å²) in [4.78, 5) is 68.9. The Morgan fingerprint density at radius 1 is 0.386 bits per heavy atom. The molecule has 3 aliphatic carbocycles. The molecular weight excluding hydrogens is 552 g/mol. The minimum Gasteiger partial charge on any atom is -0.290 e. The maximum Gasteiger partial charge on any atom is 0.187 e. The van der Waals surface area contributed by atoms with Gasteiger partial charge >= 0.3 is 0 Å². The number of carbonyl (C=O) groups is 6. The molecule has 0 bridgehead atoms. The predicted molar refractivity (Wildman–Crippen MR) is 172 cm³/mol. The first-order valence-electron chi connectivity index (χ1n) is 14.2. The van der Waals surface area contributed by atoms with E-state index in [-0.39, 0.29) is 45.5 Å². The fourth-order valence-corrected chi connectivity index (χ4v) is 4.44. The maximum atomic E-state index is 12.2. The van der Waals surface area contributed by atoms with Crippen LogP contribution in [-0.4, -0.2) is 34.7 Å². The first-order chi connectivity index (χ1) is 20.6. The fourth-order valence-electron chi connectivity index (χ4n) is 4.44. The van der Waals surface area contributed by atoms with Gasteiger partial charge in [-0.2, -0.15) is 0 Å². The maximum absolute atomic E-state index is 12.2. The third-order valence-corrected chi connectivity index (χ3v) is 6.77. The van der Waals surface area contributed by atoms with Gasteiger partial charge in [-0.3, -0.25) is 28.8 Å². The number of hydrogen-bond acceptors (Lipinski definition) is 6. The standard InChI is InChI=1S/C18H12O2.2C10H12O2/c19-17-12-16(14-9-5-2-6-10-14)18(20)11-15(17)13-7-3-1-4-8-13;2*1-10(2,3)8-6-7(11)4-5-9(8)12/h1-12H;2*4-6H,1-3H3. The van der Waals surface area contributed by atoms with Gasteiger partial charge in [-0.15, -0.1) is 0 Å². The monoisotopic (exact) mass is 588 g/mol. The van der Waals surface area contributed by atoms with Crippen LogP contribution in [0.25, 0.3) is 11.1 Å². The summed E-state index contributed by atoms with van der Waals surface area (Å²) in [7, 11) is 0. The summed E-state index contributed by atoms with van der Waals surface area (Å²) >= 11 is 0. The molecule has 2 aromatic carbocycles. The van der Waals surface area contributed by atoms with E-state index in [1.807, 2.05) is 102 Å². The lowest BCUT2D eigenvalue weighted by molar-refractivity contribution is -0.115. The zero-order chi connectivity index (χ0) is 32.7. The van der Waals surface area contributed by atoms with Crippen molar-refractivity contribution in [3.8, 4) is 0 Å². The summed E-state index contributed by atoms with van der Waals surface area (Å²) in [5, 5.41) is 0. The molecule has 0 N–H and O–H groups in total. The second-order valence-corrected chi connectivity index (χ2v) is 12.4. The average Bonchev–Trinajstić information content (AvgIpc) is 2.97. The van der Waals surface area contributed by atoms with Crippen LogP contribution in [0.4, 0.5) is 0 Å². The summed E-state index contributed by atoms with van der Waals surface area (Å²) in [6.45, 7) is 11.5. The first kappa shape index (κ1) is 33.4. The molecule has 0 aromatic heterocycles. The van der Waals surface area contributed by atoms with Gasteiger partial charge in [0.15, 0.2) is 34.7 Å². The highest BCUT2D eigenvalue weighted by Crippen LogP contribution is 2.29. The van der Waals surface area contributed by atoms with Gasteiger partial charge < -0.3 is 0 Å². The summed E-state index contributed by atoms with van der Waals surface area (Å²) in [6, 6.07) is 18.5. The Hall–Kier alpha value is -5.10. The molecule has 0 heterocycles. The van der Waals surface area contributed by atoms with Crippen LogP contribution in [-0.2, 0) is 28.8 Å². The smallest absolute Gasteiger partial charge is 0.187 e. The normalized spacial score (nSPS) is 16.6. The Labute approximate surface area is 258 Å². The summed E-state index contributed by atoms with van der Waals surface area (Å²) in [5.41, 5.74) is 3.16. The van der Waals surface area contributed by atoms with E-state index in [1.165, 1.54) is 48.6 Å². The van der Waals surface area contributed by atoms with Crippen molar-refractivity contribution < 1.29 is 28.8 Å². The average molecular weight is 589 g/mol. The first-order valence-corrected chi connectivity index (χ1v) is 14.2. The van der Waals surface area contributed by atoms with Gasteiger partial charge in [0, 0.05) is 22.3 Å². The lowest BCUT2D eigenvalue weighted by atomic mass is 9.81. The molecule has 0 radical (unpaired) electrons. The molecule has 0 unspecified atom stereocenters. The lowest BCUT2D eigenvalue weighted by Gasteiger charge is -2.21. The zero-order valence-electron chi connectivity index (χ0n) is 25.8. The van der Waals surface area contributed by atoms with Crippen LogP contribution in [0.2, 0.25) is 0 Å². The molecule has 44 heavy (non-hydrogen) atoms. The van der Waals surface area contributed by atoms with Crippen LogP contribution < -0.4 is 0 Å². The molecule has 0 spiro atoms. The van der Waals surface area contributed by atoms with Crippen molar-refractivity contribution in [2.45, 2.75) is 41.5 Å². The summed E-state index contributed by atoms with van der Waals surface area (Å²) in [5.74, 6) is -0.562. The molecule has 5 rings (SSSR count). The fraction of sp³-hybridized carbons (Fsp3) is 0.211. The van der Waals surface area contributed by atoms with Gasteiger partial charge in [-0.05, 0) is 70.6 Å². The van der Waals surface area contributed by atoms with E-state index in [1.54, 1.807) is 0 Å². The van der Waals surface area contributed by atoms with E-state index >= 15 is 0 Å². The third kappa shape index (κ3) is 8.95. The van der Waals surface area contributed by atoms with Gasteiger partial charge in [-0.1, -0.05) is 102 Å². The van der Waals surface area contributed by atoms with Crippen molar-refractivity contribution in [3.05, 3.63) is 132 Å². The van der Waals surface area contributed by atoms with E-state index < -0.39 is 0 Å². The Morgan fingerprint density at radius 2 is 0.705 bits per heavy atom. The molecule has 3 aliphatic rings. The lowest BCUT2D eigenvalue weighted by Crippen LogP contribution is -2.20. The highest BCUT2D eigenvalue weighted by molar-refractivity contribution is 6.43. The van der Waals surface area contributed by atoms with Crippen molar-refractivity contribution in [1.82, 2.24) is 0 Å². The quantitative estimate of drug-likeness (QED) is 0.365. The molecule has 0 saturated heterocycles. The summed E-state index contributed by atoms with van der Waals surface area (Å²) in [6.07, 6.45) is 11.0. The van der Waals surface area contributed by atoms with Crippen molar-refractivity contribution in [2.24, 2.45) is 10.8 Å². The van der Waals surface area contributed by atoms with Gasteiger partial charge in [0.05, 0.1) is 0 Å². The van der Waals surface area contributed by atoms with Crippen molar-refractivity contribution in [2.75, 3.05) is 0 Å². The van der Waals surface area contributed by atoms with E-state index in [0.717, 1.165) is 11.1 Å². The number of rotatable bonds is 2. The second kappa shape index (κ2) is 13.9. The van der Waals surface area contributed by atoms with Crippen LogP contribution in [0.15, 0.2) is 120 Å². The Morgan fingerprint density at radius 3 is 0.977 bits per heavy atom. The molecule has 224 valence electrons. The number of allylic oxidation sites excluding steroid dienone is 12. The molecule has 0 saturated carbocycles. The SMILES string of the molecule is CC(C)(C)C1=CC(=O)C=CC1=O.CC(C)(C)C1=CC(=O)C=CC1=O.O=C1C=C(c2ccccc2)C(=O)C=C1c1ccccc1. The second-order valence-electron chi connectivity index (χ2n) is 12.4. The molecule has 0 aliphatic heterocycles. The molecule has 0 atom stereocenters. The molecule has 0 amide bonds. The Balaban J connectivity index is 0.000000192. The van der Waals surface area contributed by atoms with Gasteiger partial charge in [0.2, 0.25) is 0 Å². The van der Waals surface area contributed by atoms with E-state index in [0.29, 0.717) is 22.3 Å². The summed E-state index contributed by atoms with van der Waals surface area (Å²) < 4.78 is 0. The number of benzene rings is 2. The highest BCUT2D eigenvalue weighted by Gasteiger charge is 2.26. The Bertz CT molecular complexity index is 1550. The van der Waals surface area contributed by atoms with E-state index in [4.69, 9.17) is 0 Å². The number of hydrogen-bond donors (Lipinski definition) is 0. The van der Waals surface area contributed by atoms with Crippen LogP contribution in [0, 0.1) is 10.8 Å². The minimum absolute atomic E-state index is 0.0536. The zero-order valence-corrected chi connectivity index (χ0v) is 25.8. The molecule has 0 fully saturated rings. The van der Waals surface area contributed by atoms with Crippen LogP contribution in [0.1, 0.15) is 52.7 Å². The van der Waals surface area contributed by atoms with E-state index in [2.05, 4.69) is 0 Å². The van der Waals surface area contributed by atoms with Gasteiger partial charge in [-0.25, -0.2) is 0 Å². The Kier molecular flexibility index (Phi) is 10.6. The molecule has 6 nitrogen and oxygen atoms in total. The number of ketones is 6. The van der Waals surface area contributed by atoms with Gasteiger partial charge in [0.25, 0.3) is 0 Å². The molecule has 6 heteroatoms.